The molecule has 1 N–H and O–H groups in total. The number of benzene rings is 2. The van der Waals surface area contributed by atoms with Gasteiger partial charge in [-0.05, 0) is 37.6 Å². The number of hydrogen-bond donors (Lipinski definition) is 1. The number of nitrogens with one attached hydrogen (secondary N) is 1. The van der Waals surface area contributed by atoms with E-state index in [1.807, 2.05) is 61.5 Å². The lowest BCUT2D eigenvalue weighted by Gasteiger charge is -2.07. The molecule has 4 rings (SSSR count). The first-order valence-corrected chi connectivity index (χ1v) is 10.8. The highest BCUT2D eigenvalue weighted by Gasteiger charge is 2.19. The van der Waals surface area contributed by atoms with Gasteiger partial charge in [0.05, 0.1) is 22.4 Å². The first kappa shape index (κ1) is 21.4. The molecule has 2 aromatic heterocycles. The van der Waals surface area contributed by atoms with Crippen LogP contribution in [0.5, 0.6) is 0 Å². The van der Waals surface area contributed by atoms with Gasteiger partial charge in [0.2, 0.25) is 5.91 Å². The van der Waals surface area contributed by atoms with E-state index in [-0.39, 0.29) is 35.8 Å². The van der Waals surface area contributed by atoms with Gasteiger partial charge in [0.25, 0.3) is 5.56 Å². The van der Waals surface area contributed by atoms with Crippen molar-refractivity contribution in [2.75, 3.05) is 5.32 Å². The molecular weight excluding hydrogens is 406 g/mol. The summed E-state index contributed by atoms with van der Waals surface area (Å²) in [6.07, 6.45) is 0.925. The molecule has 8 heteroatoms. The van der Waals surface area contributed by atoms with Gasteiger partial charge in [-0.1, -0.05) is 37.3 Å². The Labute approximate surface area is 185 Å². The molecule has 0 fully saturated rings. The highest BCUT2D eigenvalue weighted by molar-refractivity contribution is 5.91. The topological polar surface area (TPSA) is 83.0 Å². The van der Waals surface area contributed by atoms with Crippen LogP contribution in [0.25, 0.3) is 16.7 Å². The number of hydrogen-bond acceptors (Lipinski definition) is 3. The van der Waals surface area contributed by atoms with Crippen LogP contribution < -0.4 is 16.6 Å². The van der Waals surface area contributed by atoms with Crippen molar-refractivity contribution in [1.29, 1.82) is 0 Å². The van der Waals surface area contributed by atoms with Gasteiger partial charge in [-0.25, -0.2) is 9.48 Å². The number of para-hydroxylation sites is 3. The number of anilines is 1. The fraction of sp³-hybridized carbons (Fsp3) is 0.292. The lowest BCUT2D eigenvalue weighted by molar-refractivity contribution is -0.116. The van der Waals surface area contributed by atoms with E-state index in [0.29, 0.717) is 12.2 Å². The molecule has 32 heavy (non-hydrogen) atoms. The lowest BCUT2D eigenvalue weighted by atomic mass is 10.3. The summed E-state index contributed by atoms with van der Waals surface area (Å²) < 4.78 is 6.61. The van der Waals surface area contributed by atoms with Gasteiger partial charge in [0.1, 0.15) is 5.69 Å². The van der Waals surface area contributed by atoms with Crippen LogP contribution in [0.1, 0.15) is 25.5 Å². The van der Waals surface area contributed by atoms with Crippen LogP contribution in [0.15, 0.2) is 64.2 Å². The molecule has 0 aliphatic carbocycles. The molecule has 8 nitrogen and oxygen atoms in total. The van der Waals surface area contributed by atoms with Crippen molar-refractivity contribution in [3.05, 3.63) is 81.1 Å². The SMILES string of the molecule is CCCn1c(=O)n(CCC(=O)Nc2c(C)n(C)n(-c3ccccc3)c2=O)c2ccccc21. The first-order valence-electron chi connectivity index (χ1n) is 10.8. The Bertz CT molecular complexity index is 1390. The molecule has 0 radical (unpaired) electrons. The minimum absolute atomic E-state index is 0.0825. The zero-order valence-electron chi connectivity index (χ0n) is 18.5. The van der Waals surface area contributed by atoms with Crippen molar-refractivity contribution in [3.8, 4) is 5.69 Å². The molecule has 166 valence electrons. The van der Waals surface area contributed by atoms with Crippen molar-refractivity contribution < 1.29 is 4.79 Å². The summed E-state index contributed by atoms with van der Waals surface area (Å²) in [7, 11) is 1.78. The summed E-state index contributed by atoms with van der Waals surface area (Å²) in [5.41, 5.74) is 2.89. The van der Waals surface area contributed by atoms with Crippen molar-refractivity contribution in [3.63, 3.8) is 0 Å². The Kier molecular flexibility index (Phi) is 5.85. The smallest absolute Gasteiger partial charge is 0.320 e. The summed E-state index contributed by atoms with van der Waals surface area (Å²) in [6.45, 7) is 4.68. The van der Waals surface area contributed by atoms with Gasteiger partial charge in [0, 0.05) is 26.6 Å². The lowest BCUT2D eigenvalue weighted by Crippen LogP contribution is -2.27. The average molecular weight is 434 g/mol. The van der Waals surface area contributed by atoms with E-state index >= 15 is 0 Å². The zero-order chi connectivity index (χ0) is 22.8. The molecule has 0 bridgehead atoms. The monoisotopic (exact) mass is 433 g/mol. The summed E-state index contributed by atoms with van der Waals surface area (Å²) in [5, 5.41) is 2.76. The molecule has 0 aliphatic heterocycles. The maximum absolute atomic E-state index is 13.0. The van der Waals surface area contributed by atoms with Crippen LogP contribution in [0.3, 0.4) is 0 Å². The number of aromatic nitrogens is 4. The van der Waals surface area contributed by atoms with E-state index in [0.717, 1.165) is 23.1 Å². The Hall–Kier alpha value is -3.81. The molecule has 0 saturated carbocycles. The highest BCUT2D eigenvalue weighted by Crippen LogP contribution is 2.16. The Morgan fingerprint density at radius 3 is 2.12 bits per heavy atom. The van der Waals surface area contributed by atoms with Crippen molar-refractivity contribution in [2.45, 2.75) is 39.8 Å². The van der Waals surface area contributed by atoms with Crippen molar-refractivity contribution in [1.82, 2.24) is 18.5 Å². The number of carbonyl (C=O) groups excluding carboxylic acids is 1. The first-order chi connectivity index (χ1) is 15.4. The van der Waals surface area contributed by atoms with Crippen LogP contribution in [-0.2, 0) is 24.9 Å². The molecule has 1 amide bonds. The Balaban J connectivity index is 1.57. The van der Waals surface area contributed by atoms with Crippen LogP contribution in [-0.4, -0.2) is 24.4 Å². The zero-order valence-corrected chi connectivity index (χ0v) is 18.5. The van der Waals surface area contributed by atoms with Crippen LogP contribution >= 0.6 is 0 Å². The Morgan fingerprint density at radius 1 is 0.906 bits per heavy atom. The quantitative estimate of drug-likeness (QED) is 0.486. The number of amides is 1. The largest absolute Gasteiger partial charge is 0.329 e. The number of fused-ring (bicyclic) bond motifs is 1. The van der Waals surface area contributed by atoms with E-state index in [4.69, 9.17) is 0 Å². The van der Waals surface area contributed by atoms with Gasteiger partial charge in [-0.15, -0.1) is 0 Å². The van der Waals surface area contributed by atoms with E-state index in [9.17, 15) is 14.4 Å². The second kappa shape index (κ2) is 8.74. The summed E-state index contributed by atoms with van der Waals surface area (Å²) >= 11 is 0. The third-order valence-corrected chi connectivity index (χ3v) is 5.75. The van der Waals surface area contributed by atoms with Crippen LogP contribution in [0.2, 0.25) is 0 Å². The number of imidazole rings is 1. The molecule has 2 heterocycles. The van der Waals surface area contributed by atoms with E-state index in [1.165, 1.54) is 4.68 Å². The van der Waals surface area contributed by atoms with Gasteiger partial charge >= 0.3 is 5.69 Å². The molecule has 2 aromatic carbocycles. The average Bonchev–Trinajstić information content (AvgIpc) is 3.18. The maximum atomic E-state index is 13.0. The van der Waals surface area contributed by atoms with E-state index < -0.39 is 0 Å². The number of rotatable bonds is 7. The molecule has 0 spiro atoms. The van der Waals surface area contributed by atoms with Crippen LogP contribution in [0.4, 0.5) is 5.69 Å². The fourth-order valence-corrected chi connectivity index (χ4v) is 4.06. The van der Waals surface area contributed by atoms with Crippen molar-refractivity contribution >= 4 is 22.6 Å². The van der Waals surface area contributed by atoms with Crippen LogP contribution in [0, 0.1) is 6.92 Å². The second-order valence-corrected chi connectivity index (χ2v) is 7.81. The molecule has 4 aromatic rings. The summed E-state index contributed by atoms with van der Waals surface area (Å²) in [6, 6.07) is 16.9. The number of aryl methyl sites for hydroxylation is 2. The minimum atomic E-state index is -0.310. The van der Waals surface area contributed by atoms with Gasteiger partial charge < -0.3 is 5.32 Å². The molecule has 0 atom stereocenters. The van der Waals surface area contributed by atoms with E-state index in [1.54, 1.807) is 27.8 Å². The Morgan fingerprint density at radius 2 is 1.50 bits per heavy atom. The van der Waals surface area contributed by atoms with E-state index in [2.05, 4.69) is 5.32 Å². The second-order valence-electron chi connectivity index (χ2n) is 7.81. The third-order valence-electron chi connectivity index (χ3n) is 5.75. The minimum Gasteiger partial charge on any atom is -0.320 e. The molecule has 0 unspecified atom stereocenters. The predicted molar refractivity (Wildman–Crippen MR) is 125 cm³/mol. The number of nitrogens with zero attached hydrogens (tertiary/aromatic N) is 4. The van der Waals surface area contributed by atoms with Gasteiger partial charge in [-0.3, -0.25) is 23.4 Å². The maximum Gasteiger partial charge on any atom is 0.329 e. The fourth-order valence-electron chi connectivity index (χ4n) is 4.06. The third kappa shape index (κ3) is 3.68. The molecule has 0 saturated heterocycles. The normalized spacial score (nSPS) is 11.2. The number of carbonyl (C=O) groups is 1. The standard InChI is InChI=1S/C24H27N5O3/c1-4-15-27-19-12-8-9-13-20(19)28(24(27)32)16-14-21(30)25-22-17(2)26(3)29(23(22)31)18-10-6-5-7-11-18/h5-13H,4,14-16H2,1-3H3,(H,25,30). The van der Waals surface area contributed by atoms with Gasteiger partial charge in [-0.2, -0.15) is 0 Å². The highest BCUT2D eigenvalue weighted by atomic mass is 16.2. The van der Waals surface area contributed by atoms with Crippen molar-refractivity contribution in [2.24, 2.45) is 7.05 Å². The summed E-state index contributed by atoms with van der Waals surface area (Å²) in [5.74, 6) is -0.310. The molecular formula is C24H27N5O3. The summed E-state index contributed by atoms with van der Waals surface area (Å²) in [4.78, 5) is 38.6. The van der Waals surface area contributed by atoms with Gasteiger partial charge in [0.15, 0.2) is 0 Å². The predicted octanol–water partition coefficient (Wildman–Crippen LogP) is 3.04. The molecule has 0 aliphatic rings.